The van der Waals surface area contributed by atoms with Crippen molar-refractivity contribution in [1.29, 1.82) is 0 Å². The van der Waals surface area contributed by atoms with Crippen molar-refractivity contribution in [1.82, 2.24) is 4.90 Å². The van der Waals surface area contributed by atoms with Crippen molar-refractivity contribution < 1.29 is 32.6 Å². The molecular formula is C19H35MgNO7P2. The van der Waals surface area contributed by atoms with Gasteiger partial charge in [0.15, 0.2) is 0 Å². The summed E-state index contributed by atoms with van der Waals surface area (Å²) >= 11 is 0. The average molecular weight is 476 g/mol. The van der Waals surface area contributed by atoms with Gasteiger partial charge in [0.1, 0.15) is 0 Å². The molecule has 8 nitrogen and oxygen atoms in total. The third-order valence-electron chi connectivity index (χ3n) is 4.05. The molecule has 0 fully saturated rings. The van der Waals surface area contributed by atoms with Crippen LogP contribution in [0.1, 0.15) is 59.8 Å². The molecule has 0 aliphatic heterocycles. The SMILES string of the molecule is CC(C)=CCC/C(C)=C/CC/C(C)=C/CCN(C)CCOP(=O)([O-])OP(=O)([O-])O.[Mg+2]. The first-order chi connectivity index (χ1) is 13.3. The van der Waals surface area contributed by atoms with Gasteiger partial charge < -0.3 is 24.1 Å². The predicted octanol–water partition coefficient (Wildman–Crippen LogP) is 3.31. The first kappa shape index (κ1) is 32.4. The third kappa shape index (κ3) is 21.4. The smallest absolute Gasteiger partial charge is 0.756 e. The molecule has 0 amide bonds. The standard InChI is InChI=1S/C19H37NO7P2.Mg/c1-17(2)9-6-10-18(3)11-7-12-19(4)13-8-14-20(5)15-16-26-29(24,25)27-28(21,22)23;/h9,11,13H,6-8,10,12,14-16H2,1-5H3,(H,24,25)(H2,21,22,23);/q;+2/p-2/b18-11+,19-13+;. The van der Waals surface area contributed by atoms with Gasteiger partial charge in [0.2, 0.25) is 0 Å². The van der Waals surface area contributed by atoms with Crippen LogP contribution in [0.3, 0.4) is 0 Å². The Morgan fingerprint density at radius 1 is 0.933 bits per heavy atom. The third-order valence-corrected chi connectivity index (χ3v) is 6.18. The van der Waals surface area contributed by atoms with E-state index in [0.29, 0.717) is 6.54 Å². The molecule has 2 atom stereocenters. The quantitative estimate of drug-likeness (QED) is 0.217. The number of rotatable bonds is 15. The molecular weight excluding hydrogens is 440 g/mol. The van der Waals surface area contributed by atoms with Gasteiger partial charge in [-0.15, -0.1) is 0 Å². The Hall–Kier alpha value is 0.206. The van der Waals surface area contributed by atoms with Crippen molar-refractivity contribution in [3.63, 3.8) is 0 Å². The Morgan fingerprint density at radius 3 is 1.93 bits per heavy atom. The van der Waals surface area contributed by atoms with Gasteiger partial charge in [0, 0.05) is 13.1 Å². The Kier molecular flexibility index (Phi) is 18.1. The van der Waals surface area contributed by atoms with Gasteiger partial charge in [-0.05, 0) is 66.8 Å². The van der Waals surface area contributed by atoms with Gasteiger partial charge in [0.25, 0.3) is 15.6 Å². The van der Waals surface area contributed by atoms with E-state index < -0.39 is 15.6 Å². The van der Waals surface area contributed by atoms with Gasteiger partial charge in [-0.2, -0.15) is 0 Å². The van der Waals surface area contributed by atoms with Crippen LogP contribution in [0.2, 0.25) is 0 Å². The molecule has 1 N–H and O–H groups in total. The minimum Gasteiger partial charge on any atom is -0.756 e. The molecule has 170 valence electrons. The summed E-state index contributed by atoms with van der Waals surface area (Å²) in [6, 6.07) is 0. The monoisotopic (exact) mass is 475 g/mol. The van der Waals surface area contributed by atoms with Crippen molar-refractivity contribution in [3.8, 4) is 0 Å². The van der Waals surface area contributed by atoms with E-state index in [1.165, 1.54) is 16.7 Å². The fraction of sp³-hybridized carbons (Fsp3) is 0.684. The normalized spacial score (nSPS) is 16.6. The molecule has 11 heteroatoms. The van der Waals surface area contributed by atoms with Crippen LogP contribution in [0.4, 0.5) is 0 Å². The van der Waals surface area contributed by atoms with E-state index in [-0.39, 0.29) is 36.2 Å². The molecule has 0 radical (unpaired) electrons. The molecule has 0 heterocycles. The van der Waals surface area contributed by atoms with Crippen LogP contribution in [0.25, 0.3) is 0 Å². The topological polar surface area (TPSA) is 122 Å². The molecule has 0 aromatic rings. The zero-order valence-corrected chi connectivity index (χ0v) is 22.0. The largest absolute Gasteiger partial charge is 2.00 e. The molecule has 0 aliphatic carbocycles. The van der Waals surface area contributed by atoms with E-state index in [1.807, 2.05) is 4.90 Å². The fourth-order valence-corrected chi connectivity index (χ4v) is 3.95. The number of allylic oxidation sites excluding steroid dienone is 5. The molecule has 0 saturated carbocycles. The summed E-state index contributed by atoms with van der Waals surface area (Å²) in [6.07, 6.45) is 11.7. The van der Waals surface area contributed by atoms with Crippen molar-refractivity contribution in [2.24, 2.45) is 0 Å². The summed E-state index contributed by atoms with van der Waals surface area (Å²) in [5.74, 6) is 0. The predicted molar refractivity (Wildman–Crippen MR) is 118 cm³/mol. The number of hydrogen-bond donors (Lipinski definition) is 1. The van der Waals surface area contributed by atoms with Gasteiger partial charge in [0.05, 0.1) is 6.61 Å². The number of hydrogen-bond acceptors (Lipinski definition) is 7. The first-order valence-electron chi connectivity index (χ1n) is 9.64. The number of nitrogens with zero attached hydrogens (tertiary/aromatic N) is 1. The molecule has 0 saturated heterocycles. The Labute approximate surface area is 197 Å². The summed E-state index contributed by atoms with van der Waals surface area (Å²) in [7, 11) is -8.65. The molecule has 0 aliphatic rings. The molecule has 30 heavy (non-hydrogen) atoms. The van der Waals surface area contributed by atoms with Crippen LogP contribution >= 0.6 is 15.6 Å². The second-order valence-corrected chi connectivity index (χ2v) is 10.1. The number of phosphoric acid groups is 2. The summed E-state index contributed by atoms with van der Waals surface area (Å²) in [5, 5.41) is 0. The van der Waals surface area contributed by atoms with E-state index >= 15 is 0 Å². The van der Waals surface area contributed by atoms with Gasteiger partial charge in [-0.25, -0.2) is 4.31 Å². The van der Waals surface area contributed by atoms with E-state index in [4.69, 9.17) is 4.89 Å². The summed E-state index contributed by atoms with van der Waals surface area (Å²) in [5.41, 5.74) is 4.06. The van der Waals surface area contributed by atoms with E-state index in [9.17, 15) is 18.9 Å². The summed E-state index contributed by atoms with van der Waals surface area (Å²) < 4.78 is 29.5. The molecule has 2 unspecified atom stereocenters. The van der Waals surface area contributed by atoms with E-state index in [0.717, 1.165) is 32.1 Å². The maximum absolute atomic E-state index is 11.2. The van der Waals surface area contributed by atoms with Gasteiger partial charge >= 0.3 is 23.1 Å². The van der Waals surface area contributed by atoms with Crippen LogP contribution in [0.5, 0.6) is 0 Å². The maximum atomic E-state index is 11.2. The molecule has 0 aromatic heterocycles. The molecule has 0 aromatic carbocycles. The first-order valence-corrected chi connectivity index (χ1v) is 12.6. The fourth-order valence-electron chi connectivity index (χ4n) is 2.44. The van der Waals surface area contributed by atoms with Crippen LogP contribution in [-0.2, 0) is 18.0 Å². The number of phosphoric ester groups is 1. The zero-order valence-electron chi connectivity index (χ0n) is 18.8. The van der Waals surface area contributed by atoms with Crippen LogP contribution in [0.15, 0.2) is 34.9 Å². The van der Waals surface area contributed by atoms with Crippen molar-refractivity contribution >= 4 is 38.7 Å². The minimum absolute atomic E-state index is 0. The van der Waals surface area contributed by atoms with E-state index in [2.05, 4.69) is 54.8 Å². The Balaban J connectivity index is 0. The molecule has 0 spiro atoms. The Morgan fingerprint density at radius 2 is 1.43 bits per heavy atom. The number of likely N-dealkylation sites (N-methyl/N-ethyl adjacent to an activating group) is 1. The van der Waals surface area contributed by atoms with Crippen molar-refractivity contribution in [3.05, 3.63) is 34.9 Å². The maximum Gasteiger partial charge on any atom is 2.00 e. The van der Waals surface area contributed by atoms with E-state index in [1.54, 1.807) is 7.05 Å². The van der Waals surface area contributed by atoms with Gasteiger partial charge in [-0.3, -0.25) is 9.13 Å². The second kappa shape index (κ2) is 16.8. The van der Waals surface area contributed by atoms with Crippen LogP contribution < -0.4 is 9.79 Å². The summed E-state index contributed by atoms with van der Waals surface area (Å²) in [4.78, 5) is 31.8. The zero-order chi connectivity index (χ0) is 22.5. The van der Waals surface area contributed by atoms with Gasteiger partial charge in [-0.1, -0.05) is 34.9 Å². The minimum atomic E-state index is -5.38. The Bertz CT molecular complexity index is 670. The summed E-state index contributed by atoms with van der Waals surface area (Å²) in [6.45, 7) is 9.18. The molecule has 0 bridgehead atoms. The molecule has 0 rings (SSSR count). The average Bonchev–Trinajstić information content (AvgIpc) is 2.51. The van der Waals surface area contributed by atoms with Crippen LogP contribution in [-0.4, -0.2) is 59.6 Å². The van der Waals surface area contributed by atoms with Crippen LogP contribution in [0, 0.1) is 0 Å². The van der Waals surface area contributed by atoms with Crippen molar-refractivity contribution in [2.45, 2.75) is 59.8 Å². The second-order valence-electron chi connectivity index (χ2n) is 7.38. The van der Waals surface area contributed by atoms with Crippen molar-refractivity contribution in [2.75, 3.05) is 26.7 Å².